The molecule has 1 saturated heterocycles. The van der Waals surface area contributed by atoms with E-state index in [1.54, 1.807) is 18.3 Å². The number of nitrogens with zero attached hydrogens (tertiary/aromatic N) is 2. The van der Waals surface area contributed by atoms with Gasteiger partial charge in [0.15, 0.2) is 0 Å². The molecule has 168 valence electrons. The number of allylic oxidation sites excluding steroid dienone is 2. The Balaban J connectivity index is 1.36. The topological polar surface area (TPSA) is 70.8 Å². The number of benzene rings is 2. The molecule has 0 saturated carbocycles. The molecule has 6 nitrogen and oxygen atoms in total. The van der Waals surface area contributed by atoms with Crippen LogP contribution in [0.3, 0.4) is 0 Å². The molecule has 1 amide bonds. The summed E-state index contributed by atoms with van der Waals surface area (Å²) in [5.74, 6) is -1.55. The number of hydrogen-bond donors (Lipinski definition) is 2. The van der Waals surface area contributed by atoms with Gasteiger partial charge in [-0.25, -0.2) is 4.39 Å². The predicted octanol–water partition coefficient (Wildman–Crippen LogP) is 3.20. The summed E-state index contributed by atoms with van der Waals surface area (Å²) in [7, 11) is 2.06. The Morgan fingerprint density at radius 2 is 1.91 bits per heavy atom. The number of likely N-dealkylation sites (N-methyl/N-ethyl adjacent to an activating group) is 1. The predicted molar refractivity (Wildman–Crippen MR) is 123 cm³/mol. The number of ether oxygens (including phenoxy) is 1. The zero-order valence-corrected chi connectivity index (χ0v) is 18.6. The highest BCUT2D eigenvalue weighted by Crippen LogP contribution is 2.24. The van der Waals surface area contributed by atoms with Crippen LogP contribution in [0.4, 0.5) is 4.39 Å². The first-order valence-corrected chi connectivity index (χ1v) is 10.8. The van der Waals surface area contributed by atoms with Crippen molar-refractivity contribution in [2.24, 2.45) is 5.73 Å². The molecule has 0 bridgehead atoms. The van der Waals surface area contributed by atoms with Crippen molar-refractivity contribution in [3.63, 3.8) is 0 Å². The van der Waals surface area contributed by atoms with Crippen LogP contribution in [0.1, 0.15) is 21.5 Å². The van der Waals surface area contributed by atoms with Gasteiger partial charge >= 0.3 is 0 Å². The van der Waals surface area contributed by atoms with Crippen molar-refractivity contribution in [2.45, 2.75) is 12.5 Å². The third kappa shape index (κ3) is 5.19. The zero-order chi connectivity index (χ0) is 22.7. The van der Waals surface area contributed by atoms with E-state index >= 15 is 0 Å². The summed E-state index contributed by atoms with van der Waals surface area (Å²) in [6, 6.07) is 11.7. The molecule has 2 aromatic rings. The minimum absolute atomic E-state index is 0.0600. The van der Waals surface area contributed by atoms with E-state index in [9.17, 15) is 9.18 Å². The van der Waals surface area contributed by atoms with E-state index in [2.05, 4.69) is 17.3 Å². The molecule has 1 unspecified atom stereocenters. The molecular weight excluding hydrogens is 431 g/mol. The van der Waals surface area contributed by atoms with Gasteiger partial charge in [0.05, 0.1) is 6.61 Å². The Morgan fingerprint density at radius 1 is 1.19 bits per heavy atom. The lowest BCUT2D eigenvalue weighted by molar-refractivity contribution is -0.0318. The Morgan fingerprint density at radius 3 is 2.53 bits per heavy atom. The van der Waals surface area contributed by atoms with Crippen molar-refractivity contribution in [3.05, 3.63) is 88.3 Å². The van der Waals surface area contributed by atoms with E-state index in [-0.39, 0.29) is 17.5 Å². The summed E-state index contributed by atoms with van der Waals surface area (Å²) in [5.41, 5.74) is 9.43. The van der Waals surface area contributed by atoms with Gasteiger partial charge in [0, 0.05) is 43.0 Å². The maximum Gasteiger partial charge on any atom is 0.253 e. The van der Waals surface area contributed by atoms with Gasteiger partial charge < -0.3 is 19.9 Å². The van der Waals surface area contributed by atoms with E-state index in [0.717, 1.165) is 37.3 Å². The molecule has 0 radical (unpaired) electrons. The maximum atomic E-state index is 13.2. The van der Waals surface area contributed by atoms with Crippen LogP contribution in [0.15, 0.2) is 60.8 Å². The molecule has 2 heterocycles. The van der Waals surface area contributed by atoms with Gasteiger partial charge in [0.1, 0.15) is 5.82 Å². The Labute approximate surface area is 192 Å². The molecule has 2 aliphatic rings. The minimum atomic E-state index is -1.21. The minimum Gasteiger partial charge on any atom is -0.348 e. The third-order valence-corrected chi connectivity index (χ3v) is 6.05. The van der Waals surface area contributed by atoms with Crippen LogP contribution >= 0.6 is 11.6 Å². The molecule has 1 atom stereocenters. The highest BCUT2D eigenvalue weighted by molar-refractivity contribution is 6.31. The second kappa shape index (κ2) is 9.42. The number of dihydropyridines is 1. The second-order valence-corrected chi connectivity index (χ2v) is 8.47. The lowest BCUT2D eigenvalue weighted by atomic mass is 10.0. The van der Waals surface area contributed by atoms with Crippen molar-refractivity contribution in [3.8, 4) is 0 Å². The summed E-state index contributed by atoms with van der Waals surface area (Å²) >= 11 is 6.05. The smallest absolute Gasteiger partial charge is 0.253 e. The number of piperazine rings is 1. The van der Waals surface area contributed by atoms with Crippen LogP contribution in [0.2, 0.25) is 5.02 Å². The van der Waals surface area contributed by atoms with Gasteiger partial charge in [-0.2, -0.15) is 0 Å². The Bertz CT molecular complexity index is 1050. The fourth-order valence-corrected chi connectivity index (χ4v) is 3.82. The first kappa shape index (κ1) is 22.5. The molecule has 0 aliphatic carbocycles. The maximum absolute atomic E-state index is 13.2. The number of carbonyl (C=O) groups is 1. The SMILES string of the molecule is CN1CCN(C(=O)c2ccc(C3=CNC(N)(OCc4ccc(F)cc4Cl)C=C3)cc2)CC1. The molecule has 2 aromatic carbocycles. The van der Waals surface area contributed by atoms with Crippen LogP contribution in [-0.4, -0.2) is 54.8 Å². The van der Waals surface area contributed by atoms with E-state index in [4.69, 9.17) is 22.1 Å². The van der Waals surface area contributed by atoms with Crippen LogP contribution < -0.4 is 11.1 Å². The monoisotopic (exact) mass is 456 g/mol. The van der Waals surface area contributed by atoms with Crippen molar-refractivity contribution in [1.82, 2.24) is 15.1 Å². The van der Waals surface area contributed by atoms with Crippen LogP contribution in [0, 0.1) is 5.82 Å². The van der Waals surface area contributed by atoms with E-state index in [0.29, 0.717) is 11.1 Å². The van der Waals surface area contributed by atoms with E-state index < -0.39 is 11.7 Å². The van der Waals surface area contributed by atoms with Gasteiger partial charge in [-0.05, 0) is 54.1 Å². The van der Waals surface area contributed by atoms with Crippen molar-refractivity contribution < 1.29 is 13.9 Å². The molecule has 3 N–H and O–H groups in total. The quantitative estimate of drug-likeness (QED) is 0.676. The highest BCUT2D eigenvalue weighted by Gasteiger charge is 2.25. The number of nitrogens with two attached hydrogens (primary N) is 1. The largest absolute Gasteiger partial charge is 0.348 e. The van der Waals surface area contributed by atoms with E-state index in [1.807, 2.05) is 35.2 Å². The summed E-state index contributed by atoms with van der Waals surface area (Å²) in [4.78, 5) is 16.8. The molecule has 0 spiro atoms. The van der Waals surface area contributed by atoms with Gasteiger partial charge in [-0.15, -0.1) is 0 Å². The number of amides is 1. The number of hydrogen-bond acceptors (Lipinski definition) is 5. The van der Waals surface area contributed by atoms with Gasteiger partial charge in [0.2, 0.25) is 5.85 Å². The van der Waals surface area contributed by atoms with Crippen molar-refractivity contribution in [2.75, 3.05) is 33.2 Å². The van der Waals surface area contributed by atoms with Gasteiger partial charge in [0.25, 0.3) is 5.91 Å². The fraction of sp³-hybridized carbons (Fsp3) is 0.292. The standard InChI is InChI=1S/C24H26ClFN4O2/c1-29-10-12-30(13-11-29)23(31)18-4-2-17(3-5-18)19-8-9-24(27,28-15-19)32-16-20-6-7-21(26)14-22(20)25/h2-9,14-15,28H,10-13,16,27H2,1H3. The van der Waals surface area contributed by atoms with Crippen molar-refractivity contribution >= 4 is 23.1 Å². The van der Waals surface area contributed by atoms with Crippen molar-refractivity contribution in [1.29, 1.82) is 0 Å². The molecule has 1 fully saturated rings. The lowest BCUT2D eigenvalue weighted by Gasteiger charge is -2.32. The molecule has 4 rings (SSSR count). The molecule has 2 aliphatic heterocycles. The second-order valence-electron chi connectivity index (χ2n) is 8.07. The molecule has 0 aromatic heterocycles. The summed E-state index contributed by atoms with van der Waals surface area (Å²) in [5, 5.41) is 3.34. The summed E-state index contributed by atoms with van der Waals surface area (Å²) in [6.45, 7) is 3.40. The lowest BCUT2D eigenvalue weighted by Crippen LogP contribution is -2.52. The average Bonchev–Trinajstić information content (AvgIpc) is 2.79. The molecule has 32 heavy (non-hydrogen) atoms. The van der Waals surface area contributed by atoms with Gasteiger partial charge in [-0.1, -0.05) is 35.9 Å². The first-order chi connectivity index (χ1) is 15.3. The van der Waals surface area contributed by atoms with Crippen LogP contribution in [-0.2, 0) is 11.3 Å². The number of carbonyl (C=O) groups excluding carboxylic acids is 1. The normalized spacial score (nSPS) is 21.2. The van der Waals surface area contributed by atoms with Crippen LogP contribution in [0.5, 0.6) is 0 Å². The summed E-state index contributed by atoms with van der Waals surface area (Å²) < 4.78 is 19.0. The fourth-order valence-electron chi connectivity index (χ4n) is 3.60. The number of nitrogens with one attached hydrogen (secondary N) is 1. The van der Waals surface area contributed by atoms with Gasteiger partial charge in [-0.3, -0.25) is 10.5 Å². The van der Waals surface area contributed by atoms with Crippen LogP contribution in [0.25, 0.3) is 5.57 Å². The summed E-state index contributed by atoms with van der Waals surface area (Å²) in [6.07, 6.45) is 5.34. The first-order valence-electron chi connectivity index (χ1n) is 10.5. The number of rotatable bonds is 5. The van der Waals surface area contributed by atoms with E-state index in [1.165, 1.54) is 12.1 Å². The molecular formula is C24H26ClFN4O2. The molecule has 8 heteroatoms. The Hall–Kier alpha value is -2.71. The Kier molecular flexibility index (Phi) is 6.62. The third-order valence-electron chi connectivity index (χ3n) is 5.70. The number of halogens is 2. The highest BCUT2D eigenvalue weighted by atomic mass is 35.5. The zero-order valence-electron chi connectivity index (χ0n) is 17.9. The average molecular weight is 457 g/mol.